The number of amides is 1. The molecule has 0 saturated heterocycles. The molecule has 0 saturated carbocycles. The highest BCUT2D eigenvalue weighted by atomic mass is 79.9. The van der Waals surface area contributed by atoms with E-state index >= 15 is 0 Å². The first-order valence-electron chi connectivity index (χ1n) is 7.86. The summed E-state index contributed by atoms with van der Waals surface area (Å²) in [5.41, 5.74) is 3.40. The minimum absolute atomic E-state index is 0.0292. The van der Waals surface area contributed by atoms with Crippen LogP contribution in [0.4, 0.5) is 0 Å². The molecule has 0 aliphatic heterocycles. The zero-order valence-electron chi connectivity index (χ0n) is 13.9. The van der Waals surface area contributed by atoms with E-state index in [1.54, 1.807) is 0 Å². The van der Waals surface area contributed by atoms with E-state index in [1.807, 2.05) is 50.2 Å². The van der Waals surface area contributed by atoms with Crippen LogP contribution in [0.25, 0.3) is 0 Å². The van der Waals surface area contributed by atoms with Crippen molar-refractivity contribution >= 4 is 33.4 Å². The van der Waals surface area contributed by atoms with E-state index in [0.717, 1.165) is 33.5 Å². The van der Waals surface area contributed by atoms with Crippen LogP contribution in [-0.2, 0) is 11.2 Å². The third-order valence-corrected chi connectivity index (χ3v) is 5.16. The summed E-state index contributed by atoms with van der Waals surface area (Å²) in [6, 6.07) is 11.6. The molecular weight excluding hydrogens is 390 g/mol. The van der Waals surface area contributed by atoms with Crippen molar-refractivity contribution in [1.29, 1.82) is 0 Å². The first-order chi connectivity index (χ1) is 11.5. The molecule has 0 spiro atoms. The Hall–Kier alpha value is -1.52. The summed E-state index contributed by atoms with van der Waals surface area (Å²) < 4.78 is 6.64. The van der Waals surface area contributed by atoms with Crippen LogP contribution in [0.2, 0.25) is 5.02 Å². The Kier molecular flexibility index (Phi) is 7.13. The molecule has 5 heteroatoms. The fraction of sp³-hybridized carbons (Fsp3) is 0.316. The van der Waals surface area contributed by atoms with Crippen LogP contribution in [0.1, 0.15) is 23.1 Å². The monoisotopic (exact) mass is 409 g/mol. The van der Waals surface area contributed by atoms with Crippen molar-refractivity contribution in [3.05, 3.63) is 62.6 Å². The van der Waals surface area contributed by atoms with Gasteiger partial charge < -0.3 is 10.1 Å². The minimum Gasteiger partial charge on any atom is -0.484 e. The number of carbonyl (C=O) groups excluding carboxylic acids is 1. The average molecular weight is 411 g/mol. The molecule has 3 nitrogen and oxygen atoms in total. The normalized spacial score (nSPS) is 10.5. The maximum absolute atomic E-state index is 11.8. The smallest absolute Gasteiger partial charge is 0.257 e. The van der Waals surface area contributed by atoms with Gasteiger partial charge in [-0.15, -0.1) is 0 Å². The fourth-order valence-electron chi connectivity index (χ4n) is 2.36. The van der Waals surface area contributed by atoms with Crippen LogP contribution in [0.5, 0.6) is 5.75 Å². The van der Waals surface area contributed by atoms with Gasteiger partial charge in [0.15, 0.2) is 6.61 Å². The number of hydrogen-bond acceptors (Lipinski definition) is 2. The van der Waals surface area contributed by atoms with Gasteiger partial charge in [-0.1, -0.05) is 39.7 Å². The second-order valence-corrected chi connectivity index (χ2v) is 6.97. The number of rotatable bonds is 7. The van der Waals surface area contributed by atoms with Crippen molar-refractivity contribution in [1.82, 2.24) is 5.32 Å². The van der Waals surface area contributed by atoms with E-state index in [9.17, 15) is 4.79 Å². The van der Waals surface area contributed by atoms with Gasteiger partial charge in [0.05, 0.1) is 0 Å². The zero-order valence-corrected chi connectivity index (χ0v) is 16.2. The molecule has 0 aliphatic rings. The van der Waals surface area contributed by atoms with Crippen molar-refractivity contribution < 1.29 is 9.53 Å². The lowest BCUT2D eigenvalue weighted by Gasteiger charge is -2.10. The highest BCUT2D eigenvalue weighted by Gasteiger charge is 2.06. The number of nitrogens with one attached hydrogen (secondary N) is 1. The Morgan fingerprint density at radius 2 is 1.79 bits per heavy atom. The van der Waals surface area contributed by atoms with Crippen molar-refractivity contribution in [3.8, 4) is 5.75 Å². The maximum atomic E-state index is 11.8. The predicted molar refractivity (Wildman–Crippen MR) is 102 cm³/mol. The molecular formula is C19H21BrClNO2. The Morgan fingerprint density at radius 3 is 2.42 bits per heavy atom. The van der Waals surface area contributed by atoms with Gasteiger partial charge in [0.1, 0.15) is 5.75 Å². The standard InChI is InChI=1S/C19H21BrClNO2/c1-13-10-17(11-14(2)19(13)20)24-12-18(23)22-9-3-4-15-5-7-16(21)8-6-15/h5-8,10-11H,3-4,9,12H2,1-2H3,(H,22,23). The molecule has 0 radical (unpaired) electrons. The molecule has 24 heavy (non-hydrogen) atoms. The van der Waals surface area contributed by atoms with Crippen molar-refractivity contribution in [2.75, 3.05) is 13.2 Å². The van der Waals surface area contributed by atoms with Gasteiger partial charge in [0, 0.05) is 16.0 Å². The minimum atomic E-state index is -0.107. The van der Waals surface area contributed by atoms with Gasteiger partial charge in [-0.05, 0) is 67.6 Å². The summed E-state index contributed by atoms with van der Waals surface area (Å²) in [5.74, 6) is 0.605. The second-order valence-electron chi connectivity index (χ2n) is 5.74. The summed E-state index contributed by atoms with van der Waals surface area (Å²) in [5, 5.41) is 3.61. The highest BCUT2D eigenvalue weighted by Crippen LogP contribution is 2.26. The Bertz CT molecular complexity index is 678. The number of hydrogen-bond donors (Lipinski definition) is 1. The van der Waals surface area contributed by atoms with Crippen molar-refractivity contribution in [2.24, 2.45) is 0 Å². The number of carbonyl (C=O) groups is 1. The lowest BCUT2D eigenvalue weighted by molar-refractivity contribution is -0.123. The first-order valence-corrected chi connectivity index (χ1v) is 9.03. The van der Waals surface area contributed by atoms with Crippen LogP contribution in [0.3, 0.4) is 0 Å². The van der Waals surface area contributed by atoms with Crippen LogP contribution in [0.15, 0.2) is 40.9 Å². The average Bonchev–Trinajstić information content (AvgIpc) is 2.56. The molecule has 0 atom stereocenters. The molecule has 0 fully saturated rings. The molecule has 2 aromatic carbocycles. The maximum Gasteiger partial charge on any atom is 0.257 e. The summed E-state index contributed by atoms with van der Waals surface area (Å²) >= 11 is 9.37. The van der Waals surface area contributed by atoms with Crippen molar-refractivity contribution in [2.45, 2.75) is 26.7 Å². The predicted octanol–water partition coefficient (Wildman–Crippen LogP) is 4.85. The number of benzene rings is 2. The number of ether oxygens (including phenoxy) is 1. The Morgan fingerprint density at radius 1 is 1.17 bits per heavy atom. The summed E-state index contributed by atoms with van der Waals surface area (Å²) in [6.07, 6.45) is 1.79. The zero-order chi connectivity index (χ0) is 17.5. The van der Waals surface area contributed by atoms with Gasteiger partial charge in [-0.2, -0.15) is 0 Å². The van der Waals surface area contributed by atoms with E-state index in [1.165, 1.54) is 5.56 Å². The van der Waals surface area contributed by atoms with Crippen LogP contribution in [0, 0.1) is 13.8 Å². The Balaban J connectivity index is 1.69. The molecule has 0 aromatic heterocycles. The third kappa shape index (κ3) is 5.84. The highest BCUT2D eigenvalue weighted by molar-refractivity contribution is 9.10. The number of aryl methyl sites for hydroxylation is 3. The van der Waals surface area contributed by atoms with Gasteiger partial charge >= 0.3 is 0 Å². The van der Waals surface area contributed by atoms with Gasteiger partial charge in [0.2, 0.25) is 0 Å². The van der Waals surface area contributed by atoms with Crippen LogP contribution < -0.4 is 10.1 Å². The molecule has 0 aliphatic carbocycles. The van der Waals surface area contributed by atoms with E-state index in [0.29, 0.717) is 12.3 Å². The van der Waals surface area contributed by atoms with Crippen LogP contribution >= 0.6 is 27.5 Å². The van der Waals surface area contributed by atoms with Gasteiger partial charge in [-0.3, -0.25) is 4.79 Å². The first kappa shape index (κ1) is 18.8. The molecule has 2 aromatic rings. The van der Waals surface area contributed by atoms with E-state index in [-0.39, 0.29) is 12.5 Å². The fourth-order valence-corrected chi connectivity index (χ4v) is 2.72. The van der Waals surface area contributed by atoms with Crippen molar-refractivity contribution in [3.63, 3.8) is 0 Å². The lowest BCUT2D eigenvalue weighted by atomic mass is 10.1. The summed E-state index contributed by atoms with van der Waals surface area (Å²) in [4.78, 5) is 11.8. The second kappa shape index (κ2) is 9.09. The molecule has 2 rings (SSSR count). The quantitative estimate of drug-likeness (QED) is 0.663. The molecule has 1 amide bonds. The Labute approximate surface area is 156 Å². The largest absolute Gasteiger partial charge is 0.484 e. The molecule has 0 unspecified atom stereocenters. The molecule has 128 valence electrons. The summed E-state index contributed by atoms with van der Waals surface area (Å²) in [6.45, 7) is 4.66. The van der Waals surface area contributed by atoms with Gasteiger partial charge in [0.25, 0.3) is 5.91 Å². The lowest BCUT2D eigenvalue weighted by Crippen LogP contribution is -2.29. The molecule has 0 bridgehead atoms. The number of halogens is 2. The van der Waals surface area contributed by atoms with E-state index in [2.05, 4.69) is 21.2 Å². The SMILES string of the molecule is Cc1cc(OCC(=O)NCCCc2ccc(Cl)cc2)cc(C)c1Br. The van der Waals surface area contributed by atoms with E-state index in [4.69, 9.17) is 16.3 Å². The van der Waals surface area contributed by atoms with E-state index < -0.39 is 0 Å². The third-order valence-electron chi connectivity index (χ3n) is 3.66. The van der Waals surface area contributed by atoms with Crippen LogP contribution in [-0.4, -0.2) is 19.1 Å². The molecule has 0 heterocycles. The molecule has 1 N–H and O–H groups in total. The topological polar surface area (TPSA) is 38.3 Å². The summed E-state index contributed by atoms with van der Waals surface area (Å²) in [7, 11) is 0. The van der Waals surface area contributed by atoms with Gasteiger partial charge in [-0.25, -0.2) is 0 Å².